The molecule has 0 spiro atoms. The van der Waals surface area contributed by atoms with Crippen molar-refractivity contribution in [1.29, 1.82) is 0 Å². The minimum absolute atomic E-state index is 0.214. The number of rotatable bonds is 2. The summed E-state index contributed by atoms with van der Waals surface area (Å²) in [4.78, 5) is 0. The molecule has 0 bridgehead atoms. The summed E-state index contributed by atoms with van der Waals surface area (Å²) in [5, 5.41) is 2.40. The van der Waals surface area contributed by atoms with Gasteiger partial charge >= 0.3 is 0 Å². The van der Waals surface area contributed by atoms with E-state index in [-0.39, 0.29) is 10.8 Å². The van der Waals surface area contributed by atoms with Crippen molar-refractivity contribution in [1.82, 2.24) is 0 Å². The number of hydrogen-bond acceptors (Lipinski definition) is 2. The monoisotopic (exact) mass is 542 g/mol. The third kappa shape index (κ3) is 2.89. The molecule has 2 heteroatoms. The van der Waals surface area contributed by atoms with Crippen LogP contribution in [-0.2, 0) is 10.8 Å². The van der Waals surface area contributed by atoms with E-state index in [0.29, 0.717) is 0 Å². The van der Waals surface area contributed by atoms with Crippen molar-refractivity contribution in [2.45, 2.75) is 38.5 Å². The molecular weight excluding hydrogens is 512 g/mol. The SMILES string of the molecule is CC1(C)c2cc3c(cc2-c2oc4c(-c5ccccc5)cccc4c21)C(C)(C)c1c-3oc2c(-c3ccccc3)cccc12. The predicted octanol–water partition coefficient (Wildman–Crippen LogP) is 11.1. The second-order valence-electron chi connectivity index (χ2n) is 12.9. The van der Waals surface area contributed by atoms with Crippen molar-refractivity contribution in [3.05, 3.63) is 131 Å². The van der Waals surface area contributed by atoms with E-state index in [9.17, 15) is 0 Å². The van der Waals surface area contributed by atoms with Gasteiger partial charge in [0.25, 0.3) is 0 Å². The highest BCUT2D eigenvalue weighted by Gasteiger charge is 2.46. The Morgan fingerprint density at radius 3 is 1.24 bits per heavy atom. The summed E-state index contributed by atoms with van der Waals surface area (Å²) in [6.07, 6.45) is 0. The zero-order valence-corrected chi connectivity index (χ0v) is 24.2. The molecule has 2 aromatic heterocycles. The Kier molecular flexibility index (Phi) is 4.50. The summed E-state index contributed by atoms with van der Waals surface area (Å²) in [7, 11) is 0. The van der Waals surface area contributed by atoms with Crippen molar-refractivity contribution in [3.8, 4) is 44.9 Å². The van der Waals surface area contributed by atoms with E-state index in [1.807, 2.05) is 0 Å². The summed E-state index contributed by atoms with van der Waals surface area (Å²) < 4.78 is 13.7. The molecule has 42 heavy (non-hydrogen) atoms. The lowest BCUT2D eigenvalue weighted by Gasteiger charge is -2.24. The van der Waals surface area contributed by atoms with Crippen LogP contribution in [0.15, 0.2) is 118 Å². The highest BCUT2D eigenvalue weighted by atomic mass is 16.3. The molecule has 202 valence electrons. The maximum atomic E-state index is 6.86. The van der Waals surface area contributed by atoms with Gasteiger partial charge in [0.05, 0.1) is 0 Å². The van der Waals surface area contributed by atoms with Gasteiger partial charge in [-0.3, -0.25) is 0 Å². The Bertz CT molecular complexity index is 2060. The van der Waals surface area contributed by atoms with Crippen molar-refractivity contribution in [2.75, 3.05) is 0 Å². The number of fused-ring (bicyclic) bond motifs is 10. The lowest BCUT2D eigenvalue weighted by Crippen LogP contribution is -2.17. The van der Waals surface area contributed by atoms with Gasteiger partial charge in [-0.2, -0.15) is 0 Å². The van der Waals surface area contributed by atoms with Crippen LogP contribution in [0.4, 0.5) is 0 Å². The Balaban J connectivity index is 1.28. The maximum absolute atomic E-state index is 6.86. The molecule has 0 N–H and O–H groups in total. The molecule has 7 aromatic rings. The Labute approximate surface area is 245 Å². The zero-order chi connectivity index (χ0) is 28.4. The molecule has 0 saturated carbocycles. The average Bonchev–Trinajstić information content (AvgIpc) is 3.71. The average molecular weight is 543 g/mol. The molecule has 5 aromatic carbocycles. The van der Waals surface area contributed by atoms with Crippen LogP contribution in [0.25, 0.3) is 66.8 Å². The molecule has 0 unspecified atom stereocenters. The van der Waals surface area contributed by atoms with Crippen molar-refractivity contribution in [3.63, 3.8) is 0 Å². The van der Waals surface area contributed by atoms with Gasteiger partial charge < -0.3 is 8.83 Å². The van der Waals surface area contributed by atoms with E-state index in [1.54, 1.807) is 0 Å². The zero-order valence-electron chi connectivity index (χ0n) is 24.2. The smallest absolute Gasteiger partial charge is 0.142 e. The number of para-hydroxylation sites is 2. The number of benzene rings is 5. The van der Waals surface area contributed by atoms with E-state index in [0.717, 1.165) is 33.8 Å². The topological polar surface area (TPSA) is 26.3 Å². The quantitative estimate of drug-likeness (QED) is 0.217. The van der Waals surface area contributed by atoms with E-state index in [1.165, 1.54) is 55.3 Å². The van der Waals surface area contributed by atoms with E-state index >= 15 is 0 Å². The number of furan rings is 2. The van der Waals surface area contributed by atoms with Gasteiger partial charge in [0, 0.05) is 55.0 Å². The predicted molar refractivity (Wildman–Crippen MR) is 172 cm³/mol. The van der Waals surface area contributed by atoms with Gasteiger partial charge in [-0.25, -0.2) is 0 Å². The third-order valence-electron chi connectivity index (χ3n) is 9.84. The van der Waals surface area contributed by atoms with Gasteiger partial charge in [-0.15, -0.1) is 0 Å². The van der Waals surface area contributed by atoms with E-state index in [4.69, 9.17) is 8.83 Å². The highest BCUT2D eigenvalue weighted by molar-refractivity contribution is 6.04. The van der Waals surface area contributed by atoms with Gasteiger partial charge in [0.2, 0.25) is 0 Å². The first-order valence-corrected chi connectivity index (χ1v) is 14.8. The normalized spacial score (nSPS) is 15.5. The van der Waals surface area contributed by atoms with Crippen molar-refractivity contribution >= 4 is 21.9 Å². The first kappa shape index (κ1) is 23.8. The molecule has 0 atom stereocenters. The first-order chi connectivity index (χ1) is 20.4. The van der Waals surface area contributed by atoms with Crippen LogP contribution in [-0.4, -0.2) is 0 Å². The standard InChI is InChI=1S/C40H30O2/c1-39(2)31-21-30-32(22-29(31)37-33(39)27-19-11-17-25(35(27)41-37)23-13-7-5-8-14-23)40(3,4)34-28-20-12-18-26(36(28)42-38(30)34)24-15-9-6-10-16-24/h5-22H,1-4H3. The van der Waals surface area contributed by atoms with Crippen LogP contribution in [0, 0.1) is 0 Å². The molecule has 2 heterocycles. The molecule has 0 aliphatic heterocycles. The van der Waals surface area contributed by atoms with Crippen LogP contribution < -0.4 is 0 Å². The second kappa shape index (κ2) is 7.92. The summed E-state index contributed by atoms with van der Waals surface area (Å²) in [6, 6.07) is 39.0. The Hall–Kier alpha value is -4.82. The van der Waals surface area contributed by atoms with Crippen molar-refractivity contribution in [2.24, 2.45) is 0 Å². The van der Waals surface area contributed by atoms with Crippen LogP contribution in [0.2, 0.25) is 0 Å². The fourth-order valence-electron chi connectivity index (χ4n) is 7.83. The summed E-state index contributed by atoms with van der Waals surface area (Å²) >= 11 is 0. The van der Waals surface area contributed by atoms with Gasteiger partial charge in [0.1, 0.15) is 22.7 Å². The molecule has 2 aliphatic rings. The van der Waals surface area contributed by atoms with Gasteiger partial charge in [0.15, 0.2) is 0 Å². The Morgan fingerprint density at radius 1 is 0.429 bits per heavy atom. The molecule has 0 saturated heterocycles. The van der Waals surface area contributed by atoms with Crippen LogP contribution >= 0.6 is 0 Å². The molecule has 2 nitrogen and oxygen atoms in total. The minimum Gasteiger partial charge on any atom is -0.455 e. The first-order valence-electron chi connectivity index (χ1n) is 14.8. The largest absolute Gasteiger partial charge is 0.455 e. The highest BCUT2D eigenvalue weighted by Crippen LogP contribution is 2.60. The van der Waals surface area contributed by atoms with Gasteiger partial charge in [-0.1, -0.05) is 125 Å². The van der Waals surface area contributed by atoms with Crippen LogP contribution in [0.5, 0.6) is 0 Å². The molecule has 9 rings (SSSR count). The van der Waals surface area contributed by atoms with Crippen LogP contribution in [0.3, 0.4) is 0 Å². The fraction of sp³-hybridized carbons (Fsp3) is 0.150. The van der Waals surface area contributed by atoms with E-state index < -0.39 is 0 Å². The van der Waals surface area contributed by atoms with Crippen molar-refractivity contribution < 1.29 is 8.83 Å². The Morgan fingerprint density at radius 2 is 0.833 bits per heavy atom. The molecule has 0 fully saturated rings. The summed E-state index contributed by atoms with van der Waals surface area (Å²) in [5.74, 6) is 2.01. The summed E-state index contributed by atoms with van der Waals surface area (Å²) in [5.41, 5.74) is 13.7. The molecule has 0 amide bonds. The fourth-order valence-corrected chi connectivity index (χ4v) is 7.83. The van der Waals surface area contributed by atoms with E-state index in [2.05, 4.69) is 137 Å². The van der Waals surface area contributed by atoms with Crippen LogP contribution in [0.1, 0.15) is 49.9 Å². The minimum atomic E-state index is -0.214. The molecule has 0 radical (unpaired) electrons. The molecular formula is C40H30O2. The van der Waals surface area contributed by atoms with Gasteiger partial charge in [-0.05, 0) is 34.4 Å². The summed E-state index contributed by atoms with van der Waals surface area (Å²) in [6.45, 7) is 9.34. The second-order valence-corrected chi connectivity index (χ2v) is 12.9. The molecule has 2 aliphatic carbocycles. The third-order valence-corrected chi connectivity index (χ3v) is 9.84. The lowest BCUT2D eigenvalue weighted by atomic mass is 9.78. The lowest BCUT2D eigenvalue weighted by molar-refractivity contribution is 0.617. The number of hydrogen-bond donors (Lipinski definition) is 0. The maximum Gasteiger partial charge on any atom is 0.142 e.